The van der Waals surface area contributed by atoms with Crippen LogP contribution in [0, 0.1) is 0 Å². The SMILES string of the molecule is CC(O)CN(C)C(=O)NC1CCN(c2ccc(Cl)cc2)C1. The van der Waals surface area contributed by atoms with Crippen LogP contribution < -0.4 is 10.2 Å². The van der Waals surface area contributed by atoms with Crippen LogP contribution >= 0.6 is 11.6 Å². The number of urea groups is 1. The normalized spacial score (nSPS) is 19.4. The summed E-state index contributed by atoms with van der Waals surface area (Å²) in [6.07, 6.45) is 0.395. The number of halogens is 1. The molecule has 1 saturated heterocycles. The first kappa shape index (κ1) is 15.9. The lowest BCUT2D eigenvalue weighted by molar-refractivity contribution is 0.142. The van der Waals surface area contributed by atoms with Crippen molar-refractivity contribution in [2.45, 2.75) is 25.5 Å². The minimum absolute atomic E-state index is 0.129. The summed E-state index contributed by atoms with van der Waals surface area (Å²) in [5, 5.41) is 13.0. The van der Waals surface area contributed by atoms with Crippen LogP contribution in [0.15, 0.2) is 24.3 Å². The van der Waals surface area contributed by atoms with Crippen molar-refractivity contribution in [3.8, 4) is 0 Å². The number of hydrogen-bond acceptors (Lipinski definition) is 3. The molecule has 2 amide bonds. The van der Waals surface area contributed by atoms with Gasteiger partial charge >= 0.3 is 6.03 Å². The minimum atomic E-state index is -0.519. The Bertz CT molecular complexity index is 478. The molecular formula is C15H22ClN3O2. The number of hydrogen-bond donors (Lipinski definition) is 2. The maximum atomic E-state index is 12.0. The zero-order valence-corrected chi connectivity index (χ0v) is 13.2. The van der Waals surface area contributed by atoms with E-state index >= 15 is 0 Å². The van der Waals surface area contributed by atoms with Gasteiger partial charge in [0, 0.05) is 43.4 Å². The van der Waals surface area contributed by atoms with Crippen molar-refractivity contribution in [1.82, 2.24) is 10.2 Å². The second-order valence-electron chi connectivity index (χ2n) is 5.59. The molecule has 0 saturated carbocycles. The quantitative estimate of drug-likeness (QED) is 0.893. The predicted molar refractivity (Wildman–Crippen MR) is 84.9 cm³/mol. The van der Waals surface area contributed by atoms with E-state index < -0.39 is 6.10 Å². The van der Waals surface area contributed by atoms with Gasteiger partial charge in [0.05, 0.1) is 6.10 Å². The highest BCUT2D eigenvalue weighted by molar-refractivity contribution is 6.30. The summed E-state index contributed by atoms with van der Waals surface area (Å²) < 4.78 is 0. The van der Waals surface area contributed by atoms with Crippen LogP contribution in [0.3, 0.4) is 0 Å². The summed E-state index contributed by atoms with van der Waals surface area (Å²) >= 11 is 5.89. The third-order valence-electron chi connectivity index (χ3n) is 3.59. The van der Waals surface area contributed by atoms with E-state index in [1.165, 1.54) is 4.90 Å². The molecule has 0 spiro atoms. The molecule has 0 aliphatic carbocycles. The standard InChI is InChI=1S/C15H22ClN3O2/c1-11(20)9-18(2)15(21)17-13-7-8-19(10-13)14-5-3-12(16)4-6-14/h3-6,11,13,20H,7-10H2,1-2H3,(H,17,21). The van der Waals surface area contributed by atoms with Crippen molar-refractivity contribution in [1.29, 1.82) is 0 Å². The van der Waals surface area contributed by atoms with E-state index in [0.29, 0.717) is 6.54 Å². The predicted octanol–water partition coefficient (Wildman–Crippen LogP) is 1.94. The Kier molecular flexibility index (Phi) is 5.31. The number of aliphatic hydroxyl groups is 1. The maximum absolute atomic E-state index is 12.0. The summed E-state index contributed by atoms with van der Waals surface area (Å²) in [7, 11) is 1.69. The number of amides is 2. The second kappa shape index (κ2) is 7.00. The van der Waals surface area contributed by atoms with Crippen LogP contribution in [-0.4, -0.2) is 54.9 Å². The summed E-state index contributed by atoms with van der Waals surface area (Å²) in [4.78, 5) is 15.7. The van der Waals surface area contributed by atoms with Crippen molar-refractivity contribution in [2.75, 3.05) is 31.6 Å². The molecule has 1 aromatic rings. The molecule has 6 heteroatoms. The van der Waals surface area contributed by atoms with Gasteiger partial charge in [-0.05, 0) is 37.6 Å². The van der Waals surface area contributed by atoms with E-state index in [-0.39, 0.29) is 12.1 Å². The fraction of sp³-hybridized carbons (Fsp3) is 0.533. The van der Waals surface area contributed by atoms with Crippen LogP contribution in [-0.2, 0) is 0 Å². The molecule has 2 unspecified atom stereocenters. The number of benzene rings is 1. The third-order valence-corrected chi connectivity index (χ3v) is 3.84. The van der Waals surface area contributed by atoms with E-state index in [0.717, 1.165) is 30.2 Å². The number of nitrogens with zero attached hydrogens (tertiary/aromatic N) is 2. The molecule has 5 nitrogen and oxygen atoms in total. The molecule has 0 radical (unpaired) electrons. The molecule has 0 bridgehead atoms. The second-order valence-corrected chi connectivity index (χ2v) is 6.02. The number of rotatable bonds is 4. The van der Waals surface area contributed by atoms with Gasteiger partial charge in [-0.2, -0.15) is 0 Å². The number of nitrogens with one attached hydrogen (secondary N) is 1. The molecule has 2 rings (SSSR count). The summed E-state index contributed by atoms with van der Waals surface area (Å²) in [6, 6.07) is 7.72. The smallest absolute Gasteiger partial charge is 0.317 e. The van der Waals surface area contributed by atoms with E-state index in [2.05, 4.69) is 10.2 Å². The molecular weight excluding hydrogens is 290 g/mol. The van der Waals surface area contributed by atoms with Crippen molar-refractivity contribution >= 4 is 23.3 Å². The Hall–Kier alpha value is -1.46. The van der Waals surface area contributed by atoms with Gasteiger partial charge in [0.25, 0.3) is 0 Å². The van der Waals surface area contributed by atoms with Crippen molar-refractivity contribution in [3.63, 3.8) is 0 Å². The first-order valence-electron chi connectivity index (χ1n) is 7.16. The fourth-order valence-electron chi connectivity index (χ4n) is 2.53. The zero-order valence-electron chi connectivity index (χ0n) is 12.4. The summed E-state index contributed by atoms with van der Waals surface area (Å²) in [5.74, 6) is 0. The Morgan fingerprint density at radius 3 is 2.81 bits per heavy atom. The van der Waals surface area contributed by atoms with Gasteiger partial charge in [0.2, 0.25) is 0 Å². The highest BCUT2D eigenvalue weighted by Crippen LogP contribution is 2.22. The molecule has 1 aliphatic rings. The number of carbonyl (C=O) groups excluding carboxylic acids is 1. The van der Waals surface area contributed by atoms with E-state index in [4.69, 9.17) is 11.6 Å². The zero-order chi connectivity index (χ0) is 15.4. The van der Waals surface area contributed by atoms with Gasteiger partial charge in [-0.15, -0.1) is 0 Å². The van der Waals surface area contributed by atoms with Crippen LogP contribution in [0.5, 0.6) is 0 Å². The number of aliphatic hydroxyl groups excluding tert-OH is 1. The molecule has 1 heterocycles. The maximum Gasteiger partial charge on any atom is 0.317 e. The summed E-state index contributed by atoms with van der Waals surface area (Å²) in [5.41, 5.74) is 1.12. The average Bonchev–Trinajstić information content (AvgIpc) is 2.87. The molecule has 116 valence electrons. The van der Waals surface area contributed by atoms with Crippen molar-refractivity contribution < 1.29 is 9.90 Å². The number of carbonyl (C=O) groups is 1. The van der Waals surface area contributed by atoms with Crippen LogP contribution in [0.4, 0.5) is 10.5 Å². The lowest BCUT2D eigenvalue weighted by Crippen LogP contribution is -2.46. The summed E-state index contributed by atoms with van der Waals surface area (Å²) in [6.45, 7) is 3.70. The largest absolute Gasteiger partial charge is 0.392 e. The molecule has 0 aromatic heterocycles. The van der Waals surface area contributed by atoms with Crippen molar-refractivity contribution in [2.24, 2.45) is 0 Å². The molecule has 21 heavy (non-hydrogen) atoms. The average molecular weight is 312 g/mol. The van der Waals surface area contributed by atoms with Crippen LogP contribution in [0.2, 0.25) is 5.02 Å². The first-order valence-corrected chi connectivity index (χ1v) is 7.53. The highest BCUT2D eigenvalue weighted by atomic mass is 35.5. The van der Waals surface area contributed by atoms with E-state index in [1.807, 2.05) is 24.3 Å². The molecule has 1 fully saturated rings. The Balaban J connectivity index is 1.85. The molecule has 1 aromatic carbocycles. The first-order chi connectivity index (χ1) is 9.95. The minimum Gasteiger partial charge on any atom is -0.392 e. The number of anilines is 1. The lowest BCUT2D eigenvalue weighted by atomic mass is 10.2. The Morgan fingerprint density at radius 2 is 2.19 bits per heavy atom. The van der Waals surface area contributed by atoms with Gasteiger partial charge < -0.3 is 20.2 Å². The Morgan fingerprint density at radius 1 is 1.52 bits per heavy atom. The fourth-order valence-corrected chi connectivity index (χ4v) is 2.65. The van der Waals surface area contributed by atoms with Gasteiger partial charge in [-0.3, -0.25) is 0 Å². The van der Waals surface area contributed by atoms with Gasteiger partial charge in [0.1, 0.15) is 0 Å². The topological polar surface area (TPSA) is 55.8 Å². The molecule has 2 atom stereocenters. The molecule has 2 N–H and O–H groups in total. The highest BCUT2D eigenvalue weighted by Gasteiger charge is 2.25. The van der Waals surface area contributed by atoms with Gasteiger partial charge in [0.15, 0.2) is 0 Å². The van der Waals surface area contributed by atoms with Crippen molar-refractivity contribution in [3.05, 3.63) is 29.3 Å². The third kappa shape index (κ3) is 4.51. The van der Waals surface area contributed by atoms with Crippen LogP contribution in [0.25, 0.3) is 0 Å². The molecule has 1 aliphatic heterocycles. The van der Waals surface area contributed by atoms with Crippen LogP contribution in [0.1, 0.15) is 13.3 Å². The van der Waals surface area contributed by atoms with E-state index in [1.54, 1.807) is 14.0 Å². The monoisotopic (exact) mass is 311 g/mol. The Labute approximate surface area is 130 Å². The van der Waals surface area contributed by atoms with E-state index in [9.17, 15) is 9.90 Å². The number of likely N-dealkylation sites (N-methyl/N-ethyl adjacent to an activating group) is 1. The lowest BCUT2D eigenvalue weighted by Gasteiger charge is -2.23. The van der Waals surface area contributed by atoms with Gasteiger partial charge in [-0.1, -0.05) is 11.6 Å². The van der Waals surface area contributed by atoms with Gasteiger partial charge in [-0.25, -0.2) is 4.79 Å².